The van der Waals surface area contributed by atoms with Crippen LogP contribution >= 0.6 is 0 Å². The van der Waals surface area contributed by atoms with Gasteiger partial charge in [-0.25, -0.2) is 0 Å². The molecule has 0 aliphatic heterocycles. The Bertz CT molecular complexity index is 284. The maximum atomic E-state index is 9.29. The Labute approximate surface area is 119 Å². The molecule has 0 bridgehead atoms. The van der Waals surface area contributed by atoms with E-state index in [1.54, 1.807) is 0 Å². The van der Waals surface area contributed by atoms with Crippen molar-refractivity contribution in [2.75, 3.05) is 0 Å². The summed E-state index contributed by atoms with van der Waals surface area (Å²) in [7, 11) is 0. The molecule has 0 aromatic heterocycles. The molecule has 19 heavy (non-hydrogen) atoms. The zero-order valence-electron chi connectivity index (χ0n) is 12.3. The van der Waals surface area contributed by atoms with Crippen LogP contribution in [-0.2, 0) is 0 Å². The summed E-state index contributed by atoms with van der Waals surface area (Å²) in [5.74, 6) is 0. The predicted octanol–water partition coefficient (Wildman–Crippen LogP) is 5.16. The van der Waals surface area contributed by atoms with Crippen molar-refractivity contribution in [1.29, 1.82) is 0 Å². The predicted molar refractivity (Wildman–Crippen MR) is 85.9 cm³/mol. The van der Waals surface area contributed by atoms with Gasteiger partial charge in [0.2, 0.25) is 0 Å². The number of hydrogen-bond acceptors (Lipinski definition) is 1. The highest BCUT2D eigenvalue weighted by atomic mass is 16.3. The van der Waals surface area contributed by atoms with Crippen LogP contribution in [-0.4, -0.2) is 11.2 Å². The smallest absolute Gasteiger partial charge is 0.0721 e. The van der Waals surface area contributed by atoms with Crippen LogP contribution < -0.4 is 0 Å². The monoisotopic (exact) mass is 261 g/mol. The van der Waals surface area contributed by atoms with E-state index in [-0.39, 0.29) is 6.10 Å². The summed E-state index contributed by atoms with van der Waals surface area (Å²) in [6.07, 6.45) is 23.7. The summed E-state index contributed by atoms with van der Waals surface area (Å²) < 4.78 is 0. The quantitative estimate of drug-likeness (QED) is 0.236. The third-order valence-electron chi connectivity index (χ3n) is 2.75. The van der Waals surface area contributed by atoms with E-state index in [2.05, 4.69) is 37.3 Å². The molecule has 1 unspecified atom stereocenters. The lowest BCUT2D eigenvalue weighted by molar-refractivity contribution is 0.219. The van der Waals surface area contributed by atoms with Gasteiger partial charge in [0.05, 0.1) is 6.10 Å². The molecule has 0 aromatic carbocycles. The van der Waals surface area contributed by atoms with E-state index >= 15 is 0 Å². The molecule has 0 saturated heterocycles. The fourth-order valence-corrected chi connectivity index (χ4v) is 1.49. The summed E-state index contributed by atoms with van der Waals surface area (Å²) in [5, 5.41) is 9.29. The minimum absolute atomic E-state index is 0.311. The minimum Gasteiger partial charge on any atom is -0.389 e. The first-order valence-corrected chi connectivity index (χ1v) is 7.41. The van der Waals surface area contributed by atoms with E-state index < -0.39 is 0 Å². The van der Waals surface area contributed by atoms with Crippen LogP contribution in [0.25, 0.3) is 0 Å². The van der Waals surface area contributed by atoms with Crippen LogP contribution in [0.5, 0.6) is 0 Å². The lowest BCUT2D eigenvalue weighted by Crippen LogP contribution is -1.97. The second-order valence-corrected chi connectivity index (χ2v) is 4.55. The van der Waals surface area contributed by atoms with Gasteiger partial charge >= 0.3 is 0 Å². The van der Waals surface area contributed by atoms with E-state index in [0.717, 1.165) is 25.7 Å². The van der Waals surface area contributed by atoms with Crippen LogP contribution in [0.2, 0.25) is 0 Å². The maximum Gasteiger partial charge on any atom is 0.0721 e. The van der Waals surface area contributed by atoms with Gasteiger partial charge in [0.15, 0.2) is 0 Å². The molecule has 0 heterocycles. The van der Waals surface area contributed by atoms with Gasteiger partial charge in [-0.05, 0) is 25.7 Å². The topological polar surface area (TPSA) is 20.2 Å². The van der Waals surface area contributed by atoms with Crippen molar-refractivity contribution in [2.24, 2.45) is 0 Å². The molecule has 0 radical (unpaired) electrons. The average molecular weight is 261 g/mol. The molecule has 0 saturated carbocycles. The standard InChI is InChI=1S/C18H29O/c1-3-5-6-7-8-9-10-11-12-13-14-15-16-17-18(19)4-2/h8-9,11-12,14-19H,1,3-7,10,13H2,2H3/q-1/b9-8-,12-11-,15-14-,17-16+. The highest BCUT2D eigenvalue weighted by Crippen LogP contribution is 2.00. The molecule has 0 aromatic rings. The third-order valence-corrected chi connectivity index (χ3v) is 2.75. The first kappa shape index (κ1) is 17.9. The van der Waals surface area contributed by atoms with Gasteiger partial charge in [0, 0.05) is 0 Å². The molecule has 0 aliphatic carbocycles. The zero-order valence-corrected chi connectivity index (χ0v) is 12.3. The Balaban J connectivity index is 3.48. The summed E-state index contributed by atoms with van der Waals surface area (Å²) >= 11 is 0. The fraction of sp³-hybridized carbons (Fsp3) is 0.500. The van der Waals surface area contributed by atoms with Gasteiger partial charge in [-0.2, -0.15) is 6.42 Å². The van der Waals surface area contributed by atoms with Crippen molar-refractivity contribution < 1.29 is 5.11 Å². The van der Waals surface area contributed by atoms with Crippen LogP contribution in [0.3, 0.4) is 0 Å². The summed E-state index contributed by atoms with van der Waals surface area (Å²) in [6.45, 7) is 5.79. The number of aliphatic hydroxyl groups is 1. The summed E-state index contributed by atoms with van der Waals surface area (Å²) in [5.41, 5.74) is 0. The Morgan fingerprint density at radius 2 is 1.63 bits per heavy atom. The molecule has 1 atom stereocenters. The van der Waals surface area contributed by atoms with Gasteiger partial charge in [-0.1, -0.05) is 68.4 Å². The largest absolute Gasteiger partial charge is 0.389 e. The molecule has 1 nitrogen and oxygen atoms in total. The molecule has 0 spiro atoms. The van der Waals surface area contributed by atoms with E-state index in [4.69, 9.17) is 0 Å². The highest BCUT2D eigenvalue weighted by molar-refractivity contribution is 5.07. The number of rotatable bonds is 11. The molecular formula is C18H29O-. The molecule has 1 N–H and O–H groups in total. The van der Waals surface area contributed by atoms with E-state index in [1.165, 1.54) is 19.3 Å². The van der Waals surface area contributed by atoms with E-state index in [1.807, 2.05) is 25.2 Å². The van der Waals surface area contributed by atoms with Crippen LogP contribution in [0.4, 0.5) is 0 Å². The lowest BCUT2D eigenvalue weighted by atomic mass is 10.2. The zero-order chi connectivity index (χ0) is 14.2. The number of aliphatic hydroxyl groups excluding tert-OH is 1. The van der Waals surface area contributed by atoms with Gasteiger partial charge in [-0.3, -0.25) is 0 Å². The SMILES string of the molecule is [CH2-]CCCC/C=C\C/C=C\C/C=C\C=C\C(O)CC. The summed E-state index contributed by atoms with van der Waals surface area (Å²) in [4.78, 5) is 0. The Hall–Kier alpha value is -1.08. The van der Waals surface area contributed by atoms with Gasteiger partial charge in [0.25, 0.3) is 0 Å². The normalized spacial score (nSPS) is 14.5. The Kier molecular flexibility index (Phi) is 14.1. The molecule has 108 valence electrons. The maximum absolute atomic E-state index is 9.29. The second kappa shape index (κ2) is 15.0. The summed E-state index contributed by atoms with van der Waals surface area (Å²) in [6, 6.07) is 0. The molecule has 1 heteroatoms. The molecule has 0 fully saturated rings. The first-order valence-electron chi connectivity index (χ1n) is 7.41. The van der Waals surface area contributed by atoms with E-state index in [0.29, 0.717) is 0 Å². The van der Waals surface area contributed by atoms with Crippen molar-refractivity contribution in [3.63, 3.8) is 0 Å². The Morgan fingerprint density at radius 1 is 0.947 bits per heavy atom. The van der Waals surface area contributed by atoms with Gasteiger partial charge < -0.3 is 12.0 Å². The number of unbranched alkanes of at least 4 members (excludes halogenated alkanes) is 3. The van der Waals surface area contributed by atoms with Crippen LogP contribution in [0.15, 0.2) is 48.6 Å². The highest BCUT2D eigenvalue weighted by Gasteiger charge is 1.88. The number of hydrogen-bond donors (Lipinski definition) is 1. The molecule has 0 amide bonds. The second-order valence-electron chi connectivity index (χ2n) is 4.55. The third kappa shape index (κ3) is 14.9. The van der Waals surface area contributed by atoms with Crippen LogP contribution in [0.1, 0.15) is 51.9 Å². The van der Waals surface area contributed by atoms with E-state index in [9.17, 15) is 5.11 Å². The Morgan fingerprint density at radius 3 is 2.32 bits per heavy atom. The van der Waals surface area contributed by atoms with Crippen molar-refractivity contribution in [3.8, 4) is 0 Å². The van der Waals surface area contributed by atoms with Crippen molar-refractivity contribution in [1.82, 2.24) is 0 Å². The molecule has 0 rings (SSSR count). The number of allylic oxidation sites excluding steroid dienone is 7. The first-order chi connectivity index (χ1) is 9.31. The average Bonchev–Trinajstić information content (AvgIpc) is 2.43. The van der Waals surface area contributed by atoms with Gasteiger partial charge in [-0.15, -0.1) is 0 Å². The van der Waals surface area contributed by atoms with Gasteiger partial charge in [0.1, 0.15) is 0 Å². The molecule has 0 aliphatic rings. The molecular weight excluding hydrogens is 232 g/mol. The van der Waals surface area contributed by atoms with Crippen LogP contribution in [0, 0.1) is 6.92 Å². The van der Waals surface area contributed by atoms with Crippen molar-refractivity contribution in [2.45, 2.75) is 58.0 Å². The lowest BCUT2D eigenvalue weighted by Gasteiger charge is -1.96. The fourth-order valence-electron chi connectivity index (χ4n) is 1.49. The van der Waals surface area contributed by atoms with Crippen molar-refractivity contribution >= 4 is 0 Å². The van der Waals surface area contributed by atoms with Crippen molar-refractivity contribution in [3.05, 3.63) is 55.5 Å². The minimum atomic E-state index is -0.311.